The van der Waals surface area contributed by atoms with E-state index in [0.717, 1.165) is 12.1 Å². The van der Waals surface area contributed by atoms with Crippen molar-refractivity contribution in [3.63, 3.8) is 0 Å². The fourth-order valence-corrected chi connectivity index (χ4v) is 3.21. The van der Waals surface area contributed by atoms with E-state index in [1.54, 1.807) is 17.0 Å². The van der Waals surface area contributed by atoms with Crippen molar-refractivity contribution in [3.8, 4) is 11.8 Å². The van der Waals surface area contributed by atoms with Crippen LogP contribution in [-0.4, -0.2) is 51.8 Å². The topological polar surface area (TPSA) is 78.0 Å². The summed E-state index contributed by atoms with van der Waals surface area (Å²) in [6.07, 6.45) is 2.80. The van der Waals surface area contributed by atoms with Gasteiger partial charge in [-0.3, -0.25) is 4.79 Å². The second kappa shape index (κ2) is 7.67. The zero-order chi connectivity index (χ0) is 20.4. The Bertz CT molecular complexity index is 1100. The van der Waals surface area contributed by atoms with E-state index in [1.807, 2.05) is 17.0 Å². The van der Waals surface area contributed by atoms with Gasteiger partial charge in [0.15, 0.2) is 5.82 Å². The van der Waals surface area contributed by atoms with Gasteiger partial charge in [-0.05, 0) is 24.3 Å². The Hall–Kier alpha value is -3.80. The van der Waals surface area contributed by atoms with Crippen LogP contribution >= 0.6 is 0 Å². The van der Waals surface area contributed by atoms with Gasteiger partial charge in [0.1, 0.15) is 29.1 Å². The average Bonchev–Trinajstić information content (AvgIpc) is 3.23. The Balaban J connectivity index is 1.44. The predicted molar refractivity (Wildman–Crippen MR) is 101 cm³/mol. The van der Waals surface area contributed by atoms with E-state index in [2.05, 4.69) is 10.1 Å². The first-order chi connectivity index (χ1) is 14.0. The number of carbonyl (C=O) groups is 1. The third-order valence-electron chi connectivity index (χ3n) is 4.73. The van der Waals surface area contributed by atoms with E-state index in [4.69, 9.17) is 5.26 Å². The van der Waals surface area contributed by atoms with Crippen LogP contribution < -0.4 is 4.90 Å². The second-order valence-corrected chi connectivity index (χ2v) is 6.54. The number of hydrogen-bond acceptors (Lipinski definition) is 5. The lowest BCUT2D eigenvalue weighted by Gasteiger charge is -2.35. The highest BCUT2D eigenvalue weighted by Gasteiger charge is 2.24. The predicted octanol–water partition coefficient (Wildman–Crippen LogP) is 2.38. The highest BCUT2D eigenvalue weighted by molar-refractivity contribution is 5.94. The fourth-order valence-electron chi connectivity index (χ4n) is 3.21. The van der Waals surface area contributed by atoms with Crippen LogP contribution in [-0.2, 0) is 0 Å². The number of benzene rings is 1. The molecule has 0 saturated carbocycles. The van der Waals surface area contributed by atoms with Gasteiger partial charge in [-0.2, -0.15) is 10.4 Å². The molecule has 1 aliphatic heterocycles. The zero-order valence-electron chi connectivity index (χ0n) is 15.3. The van der Waals surface area contributed by atoms with Gasteiger partial charge in [0, 0.05) is 38.4 Å². The number of nitriles is 1. The Kier molecular flexibility index (Phi) is 4.91. The Morgan fingerprint density at radius 2 is 1.90 bits per heavy atom. The lowest BCUT2D eigenvalue weighted by Crippen LogP contribution is -2.49. The zero-order valence-corrected chi connectivity index (χ0v) is 15.3. The van der Waals surface area contributed by atoms with E-state index >= 15 is 0 Å². The molecule has 1 aliphatic rings. The minimum atomic E-state index is -0.757. The molecule has 1 amide bonds. The summed E-state index contributed by atoms with van der Waals surface area (Å²) in [6.45, 7) is 2.11. The summed E-state index contributed by atoms with van der Waals surface area (Å²) < 4.78 is 28.2. The van der Waals surface area contributed by atoms with Crippen molar-refractivity contribution in [1.29, 1.82) is 5.26 Å². The van der Waals surface area contributed by atoms with Gasteiger partial charge in [-0.25, -0.2) is 18.4 Å². The summed E-state index contributed by atoms with van der Waals surface area (Å²) >= 11 is 0. The van der Waals surface area contributed by atoms with Crippen molar-refractivity contribution in [2.75, 3.05) is 31.1 Å². The smallest absolute Gasteiger partial charge is 0.257 e. The number of nitrogens with zero attached hydrogens (tertiary/aromatic N) is 6. The van der Waals surface area contributed by atoms with E-state index in [-0.39, 0.29) is 11.6 Å². The van der Waals surface area contributed by atoms with Gasteiger partial charge in [-0.1, -0.05) is 6.07 Å². The molecule has 0 N–H and O–H groups in total. The molecule has 0 atom stereocenters. The van der Waals surface area contributed by atoms with E-state index in [0.29, 0.717) is 43.3 Å². The largest absolute Gasteiger partial charge is 0.353 e. The molecule has 0 unspecified atom stereocenters. The van der Waals surface area contributed by atoms with Crippen LogP contribution in [0.15, 0.2) is 48.8 Å². The Morgan fingerprint density at radius 3 is 2.62 bits per heavy atom. The molecule has 4 rings (SSSR count). The molecule has 1 aromatic carbocycles. The summed E-state index contributed by atoms with van der Waals surface area (Å²) in [5, 5.41) is 13.0. The van der Waals surface area contributed by atoms with E-state index in [9.17, 15) is 13.6 Å². The summed E-state index contributed by atoms with van der Waals surface area (Å²) in [5.41, 5.74) is 0.743. The third-order valence-corrected chi connectivity index (χ3v) is 4.73. The van der Waals surface area contributed by atoms with Crippen LogP contribution in [0.3, 0.4) is 0 Å². The van der Waals surface area contributed by atoms with Crippen LogP contribution in [0.5, 0.6) is 0 Å². The van der Waals surface area contributed by atoms with Crippen molar-refractivity contribution in [2.24, 2.45) is 0 Å². The highest BCUT2D eigenvalue weighted by Crippen LogP contribution is 2.18. The number of piperazine rings is 1. The average molecular weight is 394 g/mol. The van der Waals surface area contributed by atoms with Crippen LogP contribution in [0.2, 0.25) is 0 Å². The van der Waals surface area contributed by atoms with E-state index < -0.39 is 11.6 Å². The molecule has 1 fully saturated rings. The quantitative estimate of drug-likeness (QED) is 0.682. The third kappa shape index (κ3) is 3.78. The van der Waals surface area contributed by atoms with Crippen LogP contribution in [0.25, 0.3) is 5.69 Å². The summed E-state index contributed by atoms with van der Waals surface area (Å²) in [4.78, 5) is 20.8. The molecule has 3 heterocycles. The van der Waals surface area contributed by atoms with Crippen molar-refractivity contribution in [2.45, 2.75) is 0 Å². The first kappa shape index (κ1) is 18.6. The number of carbonyl (C=O) groups excluding carboxylic acids is 1. The summed E-state index contributed by atoms with van der Waals surface area (Å²) in [6, 6.07) is 10.5. The SMILES string of the molecule is N#Cc1cccc(N2CCN(C(=O)c3cnn(-c4ccc(F)cc4F)c3)CC2)n1. The number of halogens is 2. The molecule has 1 saturated heterocycles. The minimum Gasteiger partial charge on any atom is -0.353 e. The number of pyridine rings is 1. The monoisotopic (exact) mass is 394 g/mol. The Labute approximate surface area is 165 Å². The highest BCUT2D eigenvalue weighted by atomic mass is 19.1. The Morgan fingerprint density at radius 1 is 1.10 bits per heavy atom. The molecule has 29 heavy (non-hydrogen) atoms. The lowest BCUT2D eigenvalue weighted by molar-refractivity contribution is 0.0746. The van der Waals surface area contributed by atoms with Crippen LogP contribution in [0.4, 0.5) is 14.6 Å². The van der Waals surface area contributed by atoms with Gasteiger partial charge in [0.2, 0.25) is 0 Å². The minimum absolute atomic E-state index is 0.0683. The summed E-state index contributed by atoms with van der Waals surface area (Å²) in [5.74, 6) is -0.942. The molecule has 0 radical (unpaired) electrons. The standard InChI is InChI=1S/C20H16F2N6O/c21-15-4-5-18(17(22)10-15)28-13-14(12-24-28)20(29)27-8-6-26(7-9-27)19-3-1-2-16(11-23)25-19/h1-5,10,12-13H,6-9H2. The molecule has 3 aromatic rings. The van der Waals surface area contributed by atoms with Crippen LogP contribution in [0.1, 0.15) is 16.1 Å². The molecular formula is C20H16F2N6O. The number of rotatable bonds is 3. The van der Waals surface area contributed by atoms with Crippen molar-refractivity contribution in [3.05, 3.63) is 71.7 Å². The lowest BCUT2D eigenvalue weighted by atomic mass is 10.2. The number of hydrogen-bond donors (Lipinski definition) is 0. The number of aromatic nitrogens is 3. The van der Waals surface area contributed by atoms with E-state index in [1.165, 1.54) is 23.1 Å². The van der Waals surface area contributed by atoms with Crippen molar-refractivity contribution < 1.29 is 13.6 Å². The molecule has 9 heteroatoms. The van der Waals surface area contributed by atoms with Gasteiger partial charge >= 0.3 is 0 Å². The van der Waals surface area contributed by atoms with Gasteiger partial charge in [0.25, 0.3) is 5.91 Å². The maximum Gasteiger partial charge on any atom is 0.257 e. The molecular weight excluding hydrogens is 378 g/mol. The molecule has 0 spiro atoms. The summed E-state index contributed by atoms with van der Waals surface area (Å²) in [7, 11) is 0. The number of amides is 1. The normalized spacial score (nSPS) is 14.0. The number of anilines is 1. The van der Waals surface area contributed by atoms with Gasteiger partial charge in [0.05, 0.1) is 11.8 Å². The van der Waals surface area contributed by atoms with Gasteiger partial charge < -0.3 is 9.80 Å². The molecule has 7 nitrogen and oxygen atoms in total. The first-order valence-corrected chi connectivity index (χ1v) is 8.96. The molecule has 2 aromatic heterocycles. The second-order valence-electron chi connectivity index (χ2n) is 6.54. The van der Waals surface area contributed by atoms with Gasteiger partial charge in [-0.15, -0.1) is 0 Å². The fraction of sp³-hybridized carbons (Fsp3) is 0.200. The molecule has 0 aliphatic carbocycles. The van der Waals surface area contributed by atoms with Crippen molar-refractivity contribution in [1.82, 2.24) is 19.7 Å². The first-order valence-electron chi connectivity index (χ1n) is 8.96. The maximum absolute atomic E-state index is 13.9. The van der Waals surface area contributed by atoms with Crippen LogP contribution in [0, 0.1) is 23.0 Å². The molecule has 0 bridgehead atoms. The molecule has 146 valence electrons. The van der Waals surface area contributed by atoms with Crippen molar-refractivity contribution >= 4 is 11.7 Å². The maximum atomic E-state index is 13.9.